The Hall–Kier alpha value is -3.77. The average molecular weight is 441 g/mol. The molecule has 0 unspecified atom stereocenters. The minimum atomic E-state index is -0.262. The lowest BCUT2D eigenvalue weighted by Gasteiger charge is -2.04. The van der Waals surface area contributed by atoms with E-state index in [1.54, 1.807) is 12.1 Å². The molecule has 6 heteroatoms. The molecule has 0 atom stereocenters. The van der Waals surface area contributed by atoms with Gasteiger partial charge in [-0.2, -0.15) is 5.10 Å². The maximum atomic E-state index is 13.5. The summed E-state index contributed by atoms with van der Waals surface area (Å²) in [6, 6.07) is 24.8. The van der Waals surface area contributed by atoms with Gasteiger partial charge in [-0.25, -0.2) is 9.07 Å². The standard InChI is InChI=1S/C26H21FN4S/c1-18-23(22-9-5-6-10-24(22)30-18)16-29-31-25(20-11-13-21(27)14-12-20)17-32-26(31)28-15-19-7-3-2-4-8-19/h2-14,16-17,30H,15H2,1H3. The van der Waals surface area contributed by atoms with Crippen molar-refractivity contribution in [2.75, 3.05) is 0 Å². The topological polar surface area (TPSA) is 45.4 Å². The summed E-state index contributed by atoms with van der Waals surface area (Å²) in [7, 11) is 0. The summed E-state index contributed by atoms with van der Waals surface area (Å²) in [4.78, 5) is 9.00. The summed E-state index contributed by atoms with van der Waals surface area (Å²) in [5.41, 5.74) is 6.06. The van der Waals surface area contributed by atoms with Crippen LogP contribution < -0.4 is 4.80 Å². The summed E-state index contributed by atoms with van der Waals surface area (Å²) < 4.78 is 15.3. The number of halogens is 1. The number of nitrogens with one attached hydrogen (secondary N) is 1. The van der Waals surface area contributed by atoms with Gasteiger partial charge in [-0.3, -0.25) is 4.99 Å². The highest BCUT2D eigenvalue weighted by molar-refractivity contribution is 7.07. The number of H-pyrrole nitrogens is 1. The lowest BCUT2D eigenvalue weighted by atomic mass is 10.1. The molecule has 0 spiro atoms. The highest BCUT2D eigenvalue weighted by Gasteiger charge is 2.10. The first-order valence-corrected chi connectivity index (χ1v) is 11.2. The lowest BCUT2D eigenvalue weighted by Crippen LogP contribution is -2.12. The molecule has 4 nitrogen and oxygen atoms in total. The van der Waals surface area contributed by atoms with E-state index in [2.05, 4.69) is 29.2 Å². The number of rotatable bonds is 5. The second kappa shape index (κ2) is 8.77. The van der Waals surface area contributed by atoms with Crippen LogP contribution in [0.4, 0.5) is 4.39 Å². The fourth-order valence-corrected chi connectivity index (χ4v) is 4.50. The molecule has 0 radical (unpaired) electrons. The second-order valence-electron chi connectivity index (χ2n) is 7.48. The summed E-state index contributed by atoms with van der Waals surface area (Å²) >= 11 is 1.52. The fourth-order valence-electron chi connectivity index (χ4n) is 3.66. The van der Waals surface area contributed by atoms with E-state index in [-0.39, 0.29) is 5.82 Å². The third-order valence-corrected chi connectivity index (χ3v) is 6.16. The number of aromatic nitrogens is 2. The molecule has 0 saturated carbocycles. The number of nitrogens with zero attached hydrogens (tertiary/aromatic N) is 3. The van der Waals surface area contributed by atoms with Crippen LogP contribution in [-0.2, 0) is 6.54 Å². The Morgan fingerprint density at radius 3 is 2.53 bits per heavy atom. The van der Waals surface area contributed by atoms with E-state index in [9.17, 15) is 4.39 Å². The molecule has 0 amide bonds. The van der Waals surface area contributed by atoms with Gasteiger partial charge in [-0.05, 0) is 42.8 Å². The average Bonchev–Trinajstić information content (AvgIpc) is 3.37. The van der Waals surface area contributed by atoms with Crippen LogP contribution in [0, 0.1) is 12.7 Å². The predicted octanol–water partition coefficient (Wildman–Crippen LogP) is 6.13. The molecule has 5 rings (SSSR count). The van der Waals surface area contributed by atoms with Crippen molar-refractivity contribution in [2.45, 2.75) is 13.5 Å². The molecule has 32 heavy (non-hydrogen) atoms. The third kappa shape index (κ3) is 4.05. The molecule has 0 fully saturated rings. The smallest absolute Gasteiger partial charge is 0.206 e. The molecule has 0 aliphatic heterocycles. The Bertz CT molecular complexity index is 1460. The molecule has 2 aromatic heterocycles. The van der Waals surface area contributed by atoms with Crippen molar-refractivity contribution in [1.82, 2.24) is 9.66 Å². The maximum absolute atomic E-state index is 13.5. The SMILES string of the molecule is Cc1[nH]c2ccccc2c1C=Nn1c(-c2ccc(F)cc2)csc1=NCc1ccccc1. The highest BCUT2D eigenvalue weighted by Crippen LogP contribution is 2.22. The van der Waals surface area contributed by atoms with Crippen molar-refractivity contribution < 1.29 is 4.39 Å². The van der Waals surface area contributed by atoms with Crippen molar-refractivity contribution in [3.8, 4) is 11.3 Å². The molecule has 0 saturated heterocycles. The molecule has 3 aromatic carbocycles. The van der Waals surface area contributed by atoms with Gasteiger partial charge >= 0.3 is 0 Å². The van der Waals surface area contributed by atoms with Crippen LogP contribution in [0.15, 0.2) is 94.3 Å². The minimum Gasteiger partial charge on any atom is -0.358 e. The van der Waals surface area contributed by atoms with Crippen molar-refractivity contribution in [2.24, 2.45) is 10.1 Å². The lowest BCUT2D eigenvalue weighted by molar-refractivity contribution is 0.628. The summed E-state index contributed by atoms with van der Waals surface area (Å²) in [5, 5.41) is 7.96. The van der Waals surface area contributed by atoms with E-state index in [1.165, 1.54) is 23.5 Å². The van der Waals surface area contributed by atoms with Gasteiger partial charge in [0.05, 0.1) is 18.5 Å². The van der Waals surface area contributed by atoms with E-state index in [0.717, 1.165) is 43.8 Å². The summed E-state index contributed by atoms with van der Waals surface area (Å²) in [6.45, 7) is 2.60. The van der Waals surface area contributed by atoms with Gasteiger partial charge < -0.3 is 4.98 Å². The first-order valence-electron chi connectivity index (χ1n) is 10.3. The van der Waals surface area contributed by atoms with Crippen molar-refractivity contribution in [1.29, 1.82) is 0 Å². The zero-order chi connectivity index (χ0) is 21.9. The number of para-hydroxylation sites is 1. The Balaban J connectivity index is 1.61. The Morgan fingerprint density at radius 2 is 1.72 bits per heavy atom. The number of thiazole rings is 1. The maximum Gasteiger partial charge on any atom is 0.206 e. The molecule has 0 aliphatic rings. The van der Waals surface area contributed by atoms with E-state index >= 15 is 0 Å². The molecule has 0 aliphatic carbocycles. The van der Waals surface area contributed by atoms with Crippen molar-refractivity contribution in [3.05, 3.63) is 112 Å². The van der Waals surface area contributed by atoms with E-state index in [4.69, 9.17) is 10.1 Å². The van der Waals surface area contributed by atoms with Gasteiger partial charge in [0.2, 0.25) is 4.80 Å². The van der Waals surface area contributed by atoms with Crippen LogP contribution in [-0.4, -0.2) is 15.9 Å². The summed E-state index contributed by atoms with van der Waals surface area (Å²) in [6.07, 6.45) is 1.87. The largest absolute Gasteiger partial charge is 0.358 e. The quantitative estimate of drug-likeness (QED) is 0.320. The van der Waals surface area contributed by atoms with Gasteiger partial charge in [0, 0.05) is 33.1 Å². The van der Waals surface area contributed by atoms with Crippen molar-refractivity contribution in [3.63, 3.8) is 0 Å². The number of fused-ring (bicyclic) bond motifs is 1. The van der Waals surface area contributed by atoms with E-state index in [1.807, 2.05) is 53.5 Å². The van der Waals surface area contributed by atoms with Crippen LogP contribution in [0.5, 0.6) is 0 Å². The fraction of sp³-hybridized carbons (Fsp3) is 0.0769. The Morgan fingerprint density at radius 1 is 0.969 bits per heavy atom. The number of benzene rings is 3. The minimum absolute atomic E-state index is 0.262. The molecular formula is C26H21FN4S. The highest BCUT2D eigenvalue weighted by atomic mass is 32.1. The van der Waals surface area contributed by atoms with Crippen molar-refractivity contribution >= 4 is 28.5 Å². The van der Waals surface area contributed by atoms with Crippen LogP contribution in [0.3, 0.4) is 0 Å². The number of aromatic amines is 1. The van der Waals surface area contributed by atoms with Gasteiger partial charge in [0.25, 0.3) is 0 Å². The molecule has 0 bridgehead atoms. The molecule has 5 aromatic rings. The van der Waals surface area contributed by atoms with E-state index in [0.29, 0.717) is 6.54 Å². The monoisotopic (exact) mass is 440 g/mol. The molecular weight excluding hydrogens is 419 g/mol. The van der Waals surface area contributed by atoms with Crippen LogP contribution >= 0.6 is 11.3 Å². The van der Waals surface area contributed by atoms with Crippen LogP contribution in [0.25, 0.3) is 22.2 Å². The van der Waals surface area contributed by atoms with E-state index < -0.39 is 0 Å². The summed E-state index contributed by atoms with van der Waals surface area (Å²) in [5.74, 6) is -0.262. The Kier molecular flexibility index (Phi) is 5.52. The first-order chi connectivity index (χ1) is 15.7. The molecule has 2 heterocycles. The third-order valence-electron chi connectivity index (χ3n) is 5.31. The normalized spacial score (nSPS) is 12.2. The Labute approximate surface area is 189 Å². The second-order valence-corrected chi connectivity index (χ2v) is 8.31. The van der Waals surface area contributed by atoms with Gasteiger partial charge in [0.15, 0.2) is 0 Å². The first kappa shape index (κ1) is 20.2. The zero-order valence-corrected chi connectivity index (χ0v) is 18.3. The number of hydrogen-bond acceptors (Lipinski definition) is 3. The van der Waals surface area contributed by atoms with Crippen LogP contribution in [0.2, 0.25) is 0 Å². The molecule has 1 N–H and O–H groups in total. The number of hydrogen-bond donors (Lipinski definition) is 1. The predicted molar refractivity (Wildman–Crippen MR) is 129 cm³/mol. The van der Waals surface area contributed by atoms with Gasteiger partial charge in [-0.1, -0.05) is 48.5 Å². The van der Waals surface area contributed by atoms with Crippen LogP contribution in [0.1, 0.15) is 16.8 Å². The van der Waals surface area contributed by atoms with Gasteiger partial charge in [-0.15, -0.1) is 11.3 Å². The van der Waals surface area contributed by atoms with Gasteiger partial charge in [0.1, 0.15) is 5.82 Å². The zero-order valence-electron chi connectivity index (χ0n) is 17.5. The number of aryl methyl sites for hydroxylation is 1. The molecule has 158 valence electrons.